The molecule has 80 valence electrons. The Hall–Kier alpha value is -1.52. The molecule has 1 amide bonds. The molecule has 1 aromatic rings. The Bertz CT molecular complexity index is 262. The maximum atomic E-state index is 10.0. The van der Waals surface area contributed by atoms with Gasteiger partial charge in [-0.2, -0.15) is 5.10 Å². The average Bonchev–Trinajstić information content (AvgIpc) is 2.34. The number of amides is 1. The first kappa shape index (κ1) is 12.5. The minimum absolute atomic E-state index is 0.453. The van der Waals surface area contributed by atoms with Crippen LogP contribution < -0.4 is 5.73 Å². The van der Waals surface area contributed by atoms with Crippen molar-refractivity contribution in [1.29, 1.82) is 0 Å². The van der Waals surface area contributed by atoms with Gasteiger partial charge in [0.25, 0.3) is 0 Å². The Labute approximate surface area is 83.8 Å². The molecular formula is C9H17N3O2. The number of nitrogens with two attached hydrogens (primary N) is 1. The lowest BCUT2D eigenvalue weighted by molar-refractivity contribution is 0.0600. The van der Waals surface area contributed by atoms with Gasteiger partial charge in [0.1, 0.15) is 5.60 Å². The first-order valence-corrected chi connectivity index (χ1v) is 4.23. The van der Waals surface area contributed by atoms with E-state index in [-0.39, 0.29) is 0 Å². The molecule has 1 heterocycles. The Morgan fingerprint density at radius 2 is 2.07 bits per heavy atom. The average molecular weight is 199 g/mol. The Kier molecular flexibility index (Phi) is 4.69. The van der Waals surface area contributed by atoms with Crippen molar-refractivity contribution in [3.8, 4) is 0 Å². The summed E-state index contributed by atoms with van der Waals surface area (Å²) in [6.07, 6.45) is 2.91. The van der Waals surface area contributed by atoms with Crippen molar-refractivity contribution >= 4 is 6.09 Å². The summed E-state index contributed by atoms with van der Waals surface area (Å²) in [5.41, 5.74) is 4.26. The predicted octanol–water partition coefficient (Wildman–Crippen LogP) is 1.30. The lowest BCUT2D eigenvalue weighted by Crippen LogP contribution is -2.27. The first-order valence-electron chi connectivity index (χ1n) is 4.23. The topological polar surface area (TPSA) is 70.1 Å². The zero-order valence-corrected chi connectivity index (χ0v) is 9.02. The lowest BCUT2D eigenvalue weighted by atomic mass is 10.2. The zero-order valence-electron chi connectivity index (χ0n) is 9.02. The van der Waals surface area contributed by atoms with Crippen LogP contribution in [0.25, 0.3) is 0 Å². The van der Waals surface area contributed by atoms with Crippen molar-refractivity contribution in [2.45, 2.75) is 26.4 Å². The van der Waals surface area contributed by atoms with Gasteiger partial charge in [-0.25, -0.2) is 4.79 Å². The standard InChI is InChI=1S/C5H11NO2.C4H6N2/c1-5(2,3)8-4(6)7;1-6-4-2-3-5-6/h1-3H3,(H2,6,7);2-4H,1H3. The molecule has 0 bridgehead atoms. The van der Waals surface area contributed by atoms with Crippen LogP contribution in [0.15, 0.2) is 18.5 Å². The Morgan fingerprint density at radius 1 is 1.50 bits per heavy atom. The fraction of sp³-hybridized carbons (Fsp3) is 0.556. The summed E-state index contributed by atoms with van der Waals surface area (Å²) < 4.78 is 6.33. The van der Waals surface area contributed by atoms with E-state index in [1.807, 2.05) is 19.3 Å². The van der Waals surface area contributed by atoms with Gasteiger partial charge in [-0.1, -0.05) is 0 Å². The SMILES string of the molecule is CC(C)(C)OC(N)=O.Cn1cccn1. The van der Waals surface area contributed by atoms with Crippen LogP contribution in [-0.4, -0.2) is 21.5 Å². The number of aromatic nitrogens is 2. The maximum absolute atomic E-state index is 10.0. The number of aryl methyl sites for hydroxylation is 1. The fourth-order valence-corrected chi connectivity index (χ4v) is 0.647. The normalized spacial score (nSPS) is 10.0. The molecule has 0 spiro atoms. The Balaban J connectivity index is 0.000000249. The van der Waals surface area contributed by atoms with Crippen LogP contribution in [0.2, 0.25) is 0 Å². The third kappa shape index (κ3) is 8.58. The van der Waals surface area contributed by atoms with Crippen molar-refractivity contribution in [2.24, 2.45) is 12.8 Å². The molecule has 0 aliphatic heterocycles. The molecular weight excluding hydrogens is 182 g/mol. The lowest BCUT2D eigenvalue weighted by Gasteiger charge is -2.16. The number of nitrogens with zero attached hydrogens (tertiary/aromatic N) is 2. The maximum Gasteiger partial charge on any atom is 0.405 e. The summed E-state index contributed by atoms with van der Waals surface area (Å²) in [4.78, 5) is 10.0. The van der Waals surface area contributed by atoms with Crippen LogP contribution >= 0.6 is 0 Å². The van der Waals surface area contributed by atoms with Gasteiger partial charge < -0.3 is 10.5 Å². The van der Waals surface area contributed by atoms with Crippen molar-refractivity contribution in [3.05, 3.63) is 18.5 Å². The van der Waals surface area contributed by atoms with Crippen molar-refractivity contribution in [1.82, 2.24) is 9.78 Å². The molecule has 5 nitrogen and oxygen atoms in total. The fourth-order valence-electron chi connectivity index (χ4n) is 0.647. The van der Waals surface area contributed by atoms with Crippen molar-refractivity contribution in [3.63, 3.8) is 0 Å². The molecule has 1 rings (SSSR count). The van der Waals surface area contributed by atoms with E-state index < -0.39 is 11.7 Å². The van der Waals surface area contributed by atoms with Crippen molar-refractivity contribution in [2.75, 3.05) is 0 Å². The van der Waals surface area contributed by atoms with Gasteiger partial charge in [0.05, 0.1) is 0 Å². The molecule has 2 N–H and O–H groups in total. The van der Waals surface area contributed by atoms with Crippen LogP contribution in [0.5, 0.6) is 0 Å². The number of rotatable bonds is 0. The third-order valence-electron chi connectivity index (χ3n) is 1.04. The highest BCUT2D eigenvalue weighted by Crippen LogP contribution is 2.04. The van der Waals surface area contributed by atoms with Gasteiger partial charge in [0.2, 0.25) is 0 Å². The molecule has 0 fully saturated rings. The minimum Gasteiger partial charge on any atom is -0.444 e. The molecule has 0 saturated heterocycles. The summed E-state index contributed by atoms with van der Waals surface area (Å²) in [5.74, 6) is 0. The number of carbonyl (C=O) groups excluding carboxylic acids is 1. The van der Waals surface area contributed by atoms with E-state index >= 15 is 0 Å². The molecule has 0 aliphatic carbocycles. The molecule has 0 unspecified atom stereocenters. The van der Waals surface area contributed by atoms with E-state index in [4.69, 9.17) is 5.73 Å². The van der Waals surface area contributed by atoms with Gasteiger partial charge in [0.15, 0.2) is 0 Å². The minimum atomic E-state index is -0.725. The predicted molar refractivity (Wildman–Crippen MR) is 53.6 cm³/mol. The van der Waals surface area contributed by atoms with E-state index in [2.05, 4.69) is 9.84 Å². The summed E-state index contributed by atoms with van der Waals surface area (Å²) in [5, 5.41) is 3.83. The van der Waals surface area contributed by atoms with Crippen LogP contribution in [0.4, 0.5) is 4.79 Å². The molecule has 0 radical (unpaired) electrons. The summed E-state index contributed by atoms with van der Waals surface area (Å²) >= 11 is 0. The smallest absolute Gasteiger partial charge is 0.405 e. The van der Waals surface area contributed by atoms with E-state index in [1.165, 1.54) is 0 Å². The second-order valence-corrected chi connectivity index (χ2v) is 3.71. The first-order chi connectivity index (χ1) is 6.31. The number of carbonyl (C=O) groups is 1. The van der Waals surface area contributed by atoms with Crippen LogP contribution in [0, 0.1) is 0 Å². The second-order valence-electron chi connectivity index (χ2n) is 3.71. The quantitative estimate of drug-likeness (QED) is 0.684. The largest absolute Gasteiger partial charge is 0.444 e. The highest BCUT2D eigenvalue weighted by Gasteiger charge is 2.12. The molecule has 0 aliphatic rings. The van der Waals surface area contributed by atoms with Gasteiger partial charge >= 0.3 is 6.09 Å². The number of hydrogen-bond acceptors (Lipinski definition) is 3. The number of ether oxygens (including phenoxy) is 1. The number of primary amides is 1. The number of hydrogen-bond donors (Lipinski definition) is 1. The Morgan fingerprint density at radius 3 is 2.14 bits per heavy atom. The van der Waals surface area contributed by atoms with E-state index in [1.54, 1.807) is 31.6 Å². The highest BCUT2D eigenvalue weighted by atomic mass is 16.6. The second kappa shape index (κ2) is 5.26. The highest BCUT2D eigenvalue weighted by molar-refractivity contribution is 5.65. The monoisotopic (exact) mass is 199 g/mol. The zero-order chi connectivity index (χ0) is 11.2. The molecule has 14 heavy (non-hydrogen) atoms. The molecule has 0 saturated carbocycles. The van der Waals surface area contributed by atoms with Crippen molar-refractivity contribution < 1.29 is 9.53 Å². The summed E-state index contributed by atoms with van der Waals surface area (Å²) in [6.45, 7) is 5.28. The van der Waals surface area contributed by atoms with Crippen LogP contribution in [0.1, 0.15) is 20.8 Å². The van der Waals surface area contributed by atoms with Crippen LogP contribution in [-0.2, 0) is 11.8 Å². The summed E-state index contributed by atoms with van der Waals surface area (Å²) in [6, 6.07) is 1.89. The van der Waals surface area contributed by atoms with E-state index in [0.29, 0.717) is 0 Å². The van der Waals surface area contributed by atoms with Gasteiger partial charge in [-0.3, -0.25) is 4.68 Å². The third-order valence-corrected chi connectivity index (χ3v) is 1.04. The van der Waals surface area contributed by atoms with Crippen LogP contribution in [0.3, 0.4) is 0 Å². The summed E-state index contributed by atoms with van der Waals surface area (Å²) in [7, 11) is 1.89. The molecule has 0 atom stereocenters. The molecule has 5 heteroatoms. The van der Waals surface area contributed by atoms with E-state index in [0.717, 1.165) is 0 Å². The van der Waals surface area contributed by atoms with Gasteiger partial charge in [0, 0.05) is 19.4 Å². The molecule has 0 aromatic carbocycles. The van der Waals surface area contributed by atoms with Gasteiger partial charge in [-0.15, -0.1) is 0 Å². The van der Waals surface area contributed by atoms with Gasteiger partial charge in [-0.05, 0) is 26.8 Å². The molecule has 1 aromatic heterocycles. The van der Waals surface area contributed by atoms with E-state index in [9.17, 15) is 4.79 Å².